The topological polar surface area (TPSA) is 54.9 Å². The van der Waals surface area contributed by atoms with E-state index in [2.05, 4.69) is 21.8 Å². The summed E-state index contributed by atoms with van der Waals surface area (Å²) < 4.78 is 0. The lowest BCUT2D eigenvalue weighted by molar-refractivity contribution is 0.0947. The van der Waals surface area contributed by atoms with Crippen molar-refractivity contribution in [3.8, 4) is 0 Å². The summed E-state index contributed by atoms with van der Waals surface area (Å²) in [5.41, 5.74) is 0.300. The van der Waals surface area contributed by atoms with E-state index >= 15 is 0 Å². The number of nitrogens with zero attached hydrogens (tertiary/aromatic N) is 2. The Bertz CT molecular complexity index is 331. The molecule has 1 amide bonds. The first kappa shape index (κ1) is 13.3. The van der Waals surface area contributed by atoms with E-state index in [1.54, 1.807) is 12.1 Å². The van der Waals surface area contributed by atoms with Gasteiger partial charge in [0.15, 0.2) is 10.8 Å². The van der Waals surface area contributed by atoms with Gasteiger partial charge in [0.25, 0.3) is 5.91 Å². The Morgan fingerprint density at radius 2 is 2.25 bits per heavy atom. The van der Waals surface area contributed by atoms with E-state index in [4.69, 9.17) is 11.6 Å². The second-order valence-corrected chi connectivity index (χ2v) is 4.57. The largest absolute Gasteiger partial charge is 0.351 e. The molecule has 0 radical (unpaired) electrons. The highest BCUT2D eigenvalue weighted by Gasteiger charge is 2.06. The second-order valence-electron chi connectivity index (χ2n) is 3.20. The van der Waals surface area contributed by atoms with Crippen molar-refractivity contribution < 1.29 is 4.79 Å². The smallest absolute Gasteiger partial charge is 0.271 e. The van der Waals surface area contributed by atoms with Crippen LogP contribution in [0.5, 0.6) is 0 Å². The zero-order chi connectivity index (χ0) is 11.8. The van der Waals surface area contributed by atoms with E-state index in [1.807, 2.05) is 11.8 Å². The fourth-order valence-electron chi connectivity index (χ4n) is 1.10. The maximum absolute atomic E-state index is 11.5. The summed E-state index contributed by atoms with van der Waals surface area (Å²) >= 11 is 7.38. The molecule has 0 spiro atoms. The second kappa shape index (κ2) is 7.46. The average Bonchev–Trinajstić information content (AvgIpc) is 2.29. The minimum atomic E-state index is -0.201. The molecule has 0 saturated heterocycles. The number of aromatic nitrogens is 2. The Balaban J connectivity index is 2.27. The molecule has 0 aliphatic carbocycles. The Hall–Kier alpha value is -0.810. The average molecular weight is 260 g/mol. The number of amides is 1. The minimum Gasteiger partial charge on any atom is -0.351 e. The molecule has 0 aliphatic rings. The van der Waals surface area contributed by atoms with E-state index in [0.29, 0.717) is 12.2 Å². The van der Waals surface area contributed by atoms with Crippen molar-refractivity contribution in [2.75, 3.05) is 18.6 Å². The Morgan fingerprint density at radius 3 is 2.88 bits per heavy atom. The molecule has 1 aromatic rings. The van der Waals surface area contributed by atoms with Crippen molar-refractivity contribution in [1.29, 1.82) is 0 Å². The highest BCUT2D eigenvalue weighted by atomic mass is 35.5. The molecular weight excluding hydrogens is 246 g/mol. The van der Waals surface area contributed by atoms with Crippen LogP contribution in [-0.4, -0.2) is 34.7 Å². The maximum atomic E-state index is 11.5. The van der Waals surface area contributed by atoms with Gasteiger partial charge in [-0.25, -0.2) is 0 Å². The molecular formula is C10H14ClN3OS. The molecule has 0 bridgehead atoms. The molecule has 88 valence electrons. The fourth-order valence-corrected chi connectivity index (χ4v) is 1.69. The van der Waals surface area contributed by atoms with Crippen LogP contribution in [0.4, 0.5) is 0 Å². The van der Waals surface area contributed by atoms with E-state index in [9.17, 15) is 4.79 Å². The van der Waals surface area contributed by atoms with Gasteiger partial charge in [0, 0.05) is 6.54 Å². The van der Waals surface area contributed by atoms with E-state index in [1.165, 1.54) is 0 Å². The zero-order valence-corrected chi connectivity index (χ0v) is 10.6. The molecule has 0 unspecified atom stereocenters. The quantitative estimate of drug-likeness (QED) is 0.794. The molecule has 0 saturated carbocycles. The molecule has 1 rings (SSSR count). The van der Waals surface area contributed by atoms with Crippen LogP contribution < -0.4 is 5.32 Å². The van der Waals surface area contributed by atoms with Gasteiger partial charge in [-0.05, 0) is 37.0 Å². The molecule has 0 fully saturated rings. The summed E-state index contributed by atoms with van der Waals surface area (Å²) in [4.78, 5) is 11.5. The number of rotatable bonds is 6. The van der Waals surface area contributed by atoms with Gasteiger partial charge in [0.1, 0.15) is 0 Å². The number of carbonyl (C=O) groups excluding carboxylic acids is 1. The number of halogens is 1. The summed E-state index contributed by atoms with van der Waals surface area (Å²) in [6.45, 7) is 0.670. The fraction of sp³-hybridized carbons (Fsp3) is 0.500. The standard InChI is InChI=1S/C10H14ClN3OS/c1-16-7-3-2-6-12-10(15)8-4-5-9(11)14-13-8/h4-5H,2-3,6-7H2,1H3,(H,12,15). The molecule has 1 aromatic heterocycles. The zero-order valence-electron chi connectivity index (χ0n) is 9.07. The highest BCUT2D eigenvalue weighted by Crippen LogP contribution is 2.02. The van der Waals surface area contributed by atoms with Gasteiger partial charge in [-0.3, -0.25) is 4.79 Å². The first-order chi connectivity index (χ1) is 7.74. The van der Waals surface area contributed by atoms with Crippen LogP contribution in [0.2, 0.25) is 5.15 Å². The number of thioether (sulfide) groups is 1. The van der Waals surface area contributed by atoms with Gasteiger partial charge in [-0.1, -0.05) is 11.6 Å². The summed E-state index contributed by atoms with van der Waals surface area (Å²) in [6, 6.07) is 3.11. The van der Waals surface area contributed by atoms with E-state index in [-0.39, 0.29) is 11.1 Å². The third kappa shape index (κ3) is 4.81. The predicted octanol–water partition coefficient (Wildman–Crippen LogP) is 2.00. The lowest BCUT2D eigenvalue weighted by atomic mass is 10.3. The predicted molar refractivity (Wildman–Crippen MR) is 67.0 cm³/mol. The van der Waals surface area contributed by atoms with E-state index in [0.717, 1.165) is 18.6 Å². The van der Waals surface area contributed by atoms with Crippen molar-refractivity contribution in [3.63, 3.8) is 0 Å². The third-order valence-electron chi connectivity index (χ3n) is 1.93. The van der Waals surface area contributed by atoms with Gasteiger partial charge in [-0.15, -0.1) is 10.2 Å². The van der Waals surface area contributed by atoms with Crippen LogP contribution in [0.1, 0.15) is 23.3 Å². The number of unbranched alkanes of at least 4 members (excludes halogenated alkanes) is 1. The number of carbonyl (C=O) groups is 1. The first-order valence-electron chi connectivity index (χ1n) is 5.00. The maximum Gasteiger partial charge on any atom is 0.271 e. The summed E-state index contributed by atoms with van der Waals surface area (Å²) in [5.74, 6) is 0.921. The van der Waals surface area contributed by atoms with E-state index < -0.39 is 0 Å². The van der Waals surface area contributed by atoms with Crippen LogP contribution in [0.3, 0.4) is 0 Å². The minimum absolute atomic E-state index is 0.201. The lowest BCUT2D eigenvalue weighted by Gasteiger charge is -2.03. The Labute approximate surface area is 104 Å². The SMILES string of the molecule is CSCCCCNC(=O)c1ccc(Cl)nn1. The highest BCUT2D eigenvalue weighted by molar-refractivity contribution is 7.98. The van der Waals surface area contributed by atoms with Crippen LogP contribution in [-0.2, 0) is 0 Å². The monoisotopic (exact) mass is 259 g/mol. The molecule has 4 nitrogen and oxygen atoms in total. The van der Waals surface area contributed by atoms with Gasteiger partial charge in [0.05, 0.1) is 0 Å². The lowest BCUT2D eigenvalue weighted by Crippen LogP contribution is -2.25. The molecule has 1 N–H and O–H groups in total. The molecule has 16 heavy (non-hydrogen) atoms. The summed E-state index contributed by atoms with van der Waals surface area (Å²) in [6.07, 6.45) is 4.16. The number of hydrogen-bond donors (Lipinski definition) is 1. The molecule has 1 heterocycles. The van der Waals surface area contributed by atoms with Crippen molar-refractivity contribution in [3.05, 3.63) is 23.0 Å². The van der Waals surface area contributed by atoms with Gasteiger partial charge < -0.3 is 5.32 Å². The van der Waals surface area contributed by atoms with Gasteiger partial charge in [0.2, 0.25) is 0 Å². The van der Waals surface area contributed by atoms with Crippen LogP contribution in [0, 0.1) is 0 Å². The molecule has 0 aliphatic heterocycles. The summed E-state index contributed by atoms with van der Waals surface area (Å²) in [7, 11) is 0. The molecule has 0 aromatic carbocycles. The van der Waals surface area contributed by atoms with Crippen LogP contribution >= 0.6 is 23.4 Å². The van der Waals surface area contributed by atoms with Gasteiger partial charge in [-0.2, -0.15) is 11.8 Å². The third-order valence-corrected chi connectivity index (χ3v) is 2.82. The molecule has 6 heteroatoms. The Morgan fingerprint density at radius 1 is 1.44 bits per heavy atom. The van der Waals surface area contributed by atoms with Crippen LogP contribution in [0.15, 0.2) is 12.1 Å². The van der Waals surface area contributed by atoms with Crippen molar-refractivity contribution in [2.45, 2.75) is 12.8 Å². The van der Waals surface area contributed by atoms with Crippen molar-refractivity contribution in [2.24, 2.45) is 0 Å². The number of nitrogens with one attached hydrogen (secondary N) is 1. The van der Waals surface area contributed by atoms with Crippen molar-refractivity contribution in [1.82, 2.24) is 15.5 Å². The van der Waals surface area contributed by atoms with Gasteiger partial charge >= 0.3 is 0 Å². The normalized spacial score (nSPS) is 10.1. The summed E-state index contributed by atoms with van der Waals surface area (Å²) in [5, 5.41) is 10.4. The number of hydrogen-bond acceptors (Lipinski definition) is 4. The molecule has 0 atom stereocenters. The first-order valence-corrected chi connectivity index (χ1v) is 6.77. The van der Waals surface area contributed by atoms with Crippen LogP contribution in [0.25, 0.3) is 0 Å². The van der Waals surface area contributed by atoms with Crippen molar-refractivity contribution >= 4 is 29.3 Å². The Kier molecular flexibility index (Phi) is 6.18.